The van der Waals surface area contributed by atoms with E-state index in [1.165, 1.54) is 19.3 Å². The molecule has 1 saturated carbocycles. The van der Waals surface area contributed by atoms with E-state index in [2.05, 4.69) is 32.1 Å². The van der Waals surface area contributed by atoms with Crippen LogP contribution in [-0.2, 0) is 0 Å². The van der Waals surface area contributed by atoms with E-state index in [0.717, 1.165) is 5.92 Å². The lowest BCUT2D eigenvalue weighted by atomic mass is 9.83. The van der Waals surface area contributed by atoms with Crippen LogP contribution in [0.15, 0.2) is 23.8 Å². The molecule has 60 valence electrons. The van der Waals surface area contributed by atoms with Crippen molar-refractivity contribution in [2.24, 2.45) is 11.3 Å². The fourth-order valence-electron chi connectivity index (χ4n) is 1.56. The van der Waals surface area contributed by atoms with Crippen molar-refractivity contribution in [1.82, 2.24) is 0 Å². The van der Waals surface area contributed by atoms with E-state index in [1.807, 2.05) is 0 Å². The second kappa shape index (κ2) is 2.23. The van der Waals surface area contributed by atoms with Gasteiger partial charge in [-0.1, -0.05) is 32.1 Å². The molecule has 0 N–H and O–H groups in total. The first-order chi connectivity index (χ1) is 5.17. The van der Waals surface area contributed by atoms with E-state index in [0.29, 0.717) is 5.41 Å². The molecule has 0 aromatic rings. The molecule has 1 fully saturated rings. The Bertz CT molecular complexity index is 214. The second-order valence-corrected chi connectivity index (χ2v) is 4.50. The van der Waals surface area contributed by atoms with Gasteiger partial charge < -0.3 is 0 Å². The highest BCUT2D eigenvalue weighted by Gasteiger charge is 2.27. The summed E-state index contributed by atoms with van der Waals surface area (Å²) in [5, 5.41) is 0. The molecule has 11 heavy (non-hydrogen) atoms. The lowest BCUT2D eigenvalue weighted by molar-refractivity contribution is 0.480. The fraction of sp³-hybridized carbons (Fsp3) is 0.636. The highest BCUT2D eigenvalue weighted by Crippen LogP contribution is 2.41. The van der Waals surface area contributed by atoms with Crippen LogP contribution in [0.25, 0.3) is 0 Å². The predicted octanol–water partition coefficient (Wildman–Crippen LogP) is 3.31. The van der Waals surface area contributed by atoms with Crippen LogP contribution in [0, 0.1) is 11.3 Å². The molecule has 0 nitrogen and oxygen atoms in total. The fourth-order valence-corrected chi connectivity index (χ4v) is 1.56. The standard InChI is InChI=1S/C11H16/c1-11(2)7-5-10(6-8-11)9-3-4-9/h5-7,9H,3-4,8H2,1-2H3. The minimum absolute atomic E-state index is 0.415. The molecule has 0 radical (unpaired) electrons. The first kappa shape index (κ1) is 7.15. The molecule has 0 bridgehead atoms. The monoisotopic (exact) mass is 148 g/mol. The van der Waals surface area contributed by atoms with Gasteiger partial charge in [0, 0.05) is 0 Å². The highest BCUT2D eigenvalue weighted by molar-refractivity contribution is 5.30. The van der Waals surface area contributed by atoms with Gasteiger partial charge in [-0.3, -0.25) is 0 Å². The van der Waals surface area contributed by atoms with Crippen LogP contribution in [0.2, 0.25) is 0 Å². The molecular formula is C11H16. The summed E-state index contributed by atoms with van der Waals surface area (Å²) in [6, 6.07) is 0. The van der Waals surface area contributed by atoms with Crippen LogP contribution in [-0.4, -0.2) is 0 Å². The summed E-state index contributed by atoms with van der Waals surface area (Å²) in [6.07, 6.45) is 11.2. The van der Waals surface area contributed by atoms with Crippen LogP contribution < -0.4 is 0 Å². The van der Waals surface area contributed by atoms with Gasteiger partial charge in [-0.2, -0.15) is 0 Å². The van der Waals surface area contributed by atoms with E-state index in [9.17, 15) is 0 Å². The Morgan fingerprint density at radius 3 is 2.55 bits per heavy atom. The van der Waals surface area contributed by atoms with Crippen LogP contribution in [0.3, 0.4) is 0 Å². The molecule has 0 aliphatic heterocycles. The van der Waals surface area contributed by atoms with Gasteiger partial charge in [-0.25, -0.2) is 0 Å². The SMILES string of the molecule is CC1(C)C=CC(C2CC2)=CC1. The Kier molecular flexibility index (Phi) is 1.45. The van der Waals surface area contributed by atoms with Gasteiger partial charge in [0.2, 0.25) is 0 Å². The summed E-state index contributed by atoms with van der Waals surface area (Å²) in [6.45, 7) is 4.59. The second-order valence-electron chi connectivity index (χ2n) is 4.50. The third-order valence-corrected chi connectivity index (χ3v) is 2.64. The number of allylic oxidation sites excluding steroid dienone is 4. The molecule has 0 atom stereocenters. The van der Waals surface area contributed by atoms with Gasteiger partial charge in [0.1, 0.15) is 0 Å². The molecule has 0 amide bonds. The quantitative estimate of drug-likeness (QED) is 0.535. The molecule has 2 aliphatic rings. The van der Waals surface area contributed by atoms with E-state index in [-0.39, 0.29) is 0 Å². The van der Waals surface area contributed by atoms with E-state index in [4.69, 9.17) is 0 Å². The molecule has 0 aromatic heterocycles. The summed E-state index contributed by atoms with van der Waals surface area (Å²) in [7, 11) is 0. The molecule has 0 heteroatoms. The minimum Gasteiger partial charge on any atom is -0.0802 e. The smallest absolute Gasteiger partial charge is 0.0137 e. The van der Waals surface area contributed by atoms with Crippen LogP contribution >= 0.6 is 0 Å². The van der Waals surface area contributed by atoms with Crippen LogP contribution in [0.4, 0.5) is 0 Å². The van der Waals surface area contributed by atoms with Gasteiger partial charge in [-0.05, 0) is 36.2 Å². The summed E-state index contributed by atoms with van der Waals surface area (Å²) < 4.78 is 0. The van der Waals surface area contributed by atoms with Gasteiger partial charge in [0.05, 0.1) is 0 Å². The summed E-state index contributed by atoms with van der Waals surface area (Å²) >= 11 is 0. The molecule has 0 spiro atoms. The van der Waals surface area contributed by atoms with Gasteiger partial charge in [0.15, 0.2) is 0 Å². The summed E-state index contributed by atoms with van der Waals surface area (Å²) in [5.74, 6) is 0.933. The van der Waals surface area contributed by atoms with Crippen molar-refractivity contribution in [3.63, 3.8) is 0 Å². The summed E-state index contributed by atoms with van der Waals surface area (Å²) in [4.78, 5) is 0. The topological polar surface area (TPSA) is 0 Å². The van der Waals surface area contributed by atoms with Crippen molar-refractivity contribution in [1.29, 1.82) is 0 Å². The minimum atomic E-state index is 0.415. The molecule has 0 heterocycles. The largest absolute Gasteiger partial charge is 0.0802 e. The van der Waals surface area contributed by atoms with Crippen molar-refractivity contribution in [3.05, 3.63) is 23.8 Å². The van der Waals surface area contributed by atoms with E-state index in [1.54, 1.807) is 5.57 Å². The third-order valence-electron chi connectivity index (χ3n) is 2.64. The Balaban J connectivity index is 2.08. The first-order valence-corrected chi connectivity index (χ1v) is 4.57. The Morgan fingerprint density at radius 1 is 1.36 bits per heavy atom. The maximum Gasteiger partial charge on any atom is -0.0137 e. The van der Waals surface area contributed by atoms with Crippen LogP contribution in [0.5, 0.6) is 0 Å². The molecule has 2 aliphatic carbocycles. The van der Waals surface area contributed by atoms with Crippen molar-refractivity contribution in [2.45, 2.75) is 33.1 Å². The van der Waals surface area contributed by atoms with Crippen molar-refractivity contribution >= 4 is 0 Å². The zero-order chi connectivity index (χ0) is 7.90. The van der Waals surface area contributed by atoms with Gasteiger partial charge in [-0.15, -0.1) is 0 Å². The van der Waals surface area contributed by atoms with Crippen molar-refractivity contribution in [2.75, 3.05) is 0 Å². The molecule has 0 saturated heterocycles. The van der Waals surface area contributed by atoms with Gasteiger partial charge >= 0.3 is 0 Å². The van der Waals surface area contributed by atoms with Crippen molar-refractivity contribution in [3.8, 4) is 0 Å². The molecular weight excluding hydrogens is 132 g/mol. The zero-order valence-electron chi connectivity index (χ0n) is 7.43. The average molecular weight is 148 g/mol. The molecule has 0 unspecified atom stereocenters. The molecule has 0 aromatic carbocycles. The number of hydrogen-bond acceptors (Lipinski definition) is 0. The summed E-state index contributed by atoms with van der Waals surface area (Å²) in [5.41, 5.74) is 2.02. The predicted molar refractivity (Wildman–Crippen MR) is 48.3 cm³/mol. The third kappa shape index (κ3) is 1.55. The van der Waals surface area contributed by atoms with Gasteiger partial charge in [0.25, 0.3) is 0 Å². The lowest BCUT2D eigenvalue weighted by Gasteiger charge is -2.22. The van der Waals surface area contributed by atoms with Crippen molar-refractivity contribution < 1.29 is 0 Å². The maximum absolute atomic E-state index is 2.43. The highest BCUT2D eigenvalue weighted by atomic mass is 14.3. The Morgan fingerprint density at radius 2 is 2.09 bits per heavy atom. The van der Waals surface area contributed by atoms with E-state index >= 15 is 0 Å². The molecule has 2 rings (SSSR count). The normalized spacial score (nSPS) is 28.4. The lowest BCUT2D eigenvalue weighted by Crippen LogP contribution is -2.09. The van der Waals surface area contributed by atoms with E-state index < -0.39 is 0 Å². The average Bonchev–Trinajstić information content (AvgIpc) is 2.70. The number of hydrogen-bond donors (Lipinski definition) is 0. The maximum atomic E-state index is 2.43. The number of rotatable bonds is 1. The zero-order valence-corrected chi connectivity index (χ0v) is 7.43. The van der Waals surface area contributed by atoms with Crippen LogP contribution in [0.1, 0.15) is 33.1 Å². The first-order valence-electron chi connectivity index (χ1n) is 4.57. The Hall–Kier alpha value is -0.520. The Labute approximate surface area is 69.0 Å².